The van der Waals surface area contributed by atoms with E-state index in [2.05, 4.69) is 63.8 Å². The highest BCUT2D eigenvalue weighted by Gasteiger charge is 2.18. The maximum atomic E-state index is 9.55. The third-order valence-electron chi connectivity index (χ3n) is 4.55. The zero-order valence-electron chi connectivity index (χ0n) is 19.8. The van der Waals surface area contributed by atoms with Gasteiger partial charge < -0.3 is 30.3 Å². The number of nitrogens with zero attached hydrogens (tertiary/aromatic N) is 3. The molecule has 0 amide bonds. The number of carboxylic acids is 4. The number of aromatic nitrogens is 2. The second-order valence-corrected chi connectivity index (χ2v) is 7.27. The van der Waals surface area contributed by atoms with Gasteiger partial charge in [0.05, 0.1) is 12.9 Å². The fourth-order valence-corrected chi connectivity index (χ4v) is 3.06. The molecular weight excluding hydrogens is 496 g/mol. The number of benzene rings is 2. The summed E-state index contributed by atoms with van der Waals surface area (Å²) in [5, 5.41) is 37.2. The van der Waals surface area contributed by atoms with Crippen molar-refractivity contribution in [3.05, 3.63) is 97.1 Å². The Hall–Kier alpha value is -5.52. The number of nitrogens with one attached hydrogen (secondary N) is 1. The topological polar surface area (TPSA) is 191 Å². The molecule has 4 rings (SSSR count). The molecule has 1 aliphatic rings. The SMILES string of the molecule is C(=C/Cn1ccnc1)/CN=C1Nc2cccc3cccc1c23.O=C(O)/C=C/C(=O)O.O=C(O)/C=C/C(=O)O. The maximum Gasteiger partial charge on any atom is 0.328 e. The molecule has 0 saturated carbocycles. The van der Waals surface area contributed by atoms with Crippen molar-refractivity contribution in [2.75, 3.05) is 11.9 Å². The van der Waals surface area contributed by atoms with E-state index in [4.69, 9.17) is 20.4 Å². The van der Waals surface area contributed by atoms with Crippen LogP contribution in [0, 0.1) is 0 Å². The third-order valence-corrected chi connectivity index (χ3v) is 4.55. The molecule has 0 radical (unpaired) electrons. The van der Waals surface area contributed by atoms with E-state index in [1.54, 1.807) is 6.20 Å². The molecule has 2 heterocycles. The summed E-state index contributed by atoms with van der Waals surface area (Å²) in [4.78, 5) is 46.9. The number of allylic oxidation sites excluding steroid dienone is 1. The van der Waals surface area contributed by atoms with E-state index >= 15 is 0 Å². The highest BCUT2D eigenvalue weighted by atomic mass is 16.4. The van der Waals surface area contributed by atoms with E-state index in [0.717, 1.165) is 18.1 Å². The number of aliphatic imine (C=N–C) groups is 1. The summed E-state index contributed by atoms with van der Waals surface area (Å²) in [6.45, 7) is 1.50. The molecule has 5 N–H and O–H groups in total. The Morgan fingerprint density at radius 3 is 1.95 bits per heavy atom. The van der Waals surface area contributed by atoms with E-state index < -0.39 is 23.9 Å². The number of hydrogen-bond acceptors (Lipinski definition) is 6. The van der Waals surface area contributed by atoms with Crippen molar-refractivity contribution in [3.63, 3.8) is 0 Å². The largest absolute Gasteiger partial charge is 0.478 e. The predicted molar refractivity (Wildman–Crippen MR) is 139 cm³/mol. The van der Waals surface area contributed by atoms with E-state index in [-0.39, 0.29) is 0 Å². The van der Waals surface area contributed by atoms with Crippen molar-refractivity contribution < 1.29 is 39.6 Å². The second-order valence-electron chi connectivity index (χ2n) is 7.27. The van der Waals surface area contributed by atoms with E-state index in [1.807, 2.05) is 17.1 Å². The zero-order valence-corrected chi connectivity index (χ0v) is 19.8. The van der Waals surface area contributed by atoms with Crippen LogP contribution in [-0.4, -0.2) is 66.2 Å². The van der Waals surface area contributed by atoms with Gasteiger partial charge in [-0.3, -0.25) is 4.99 Å². The van der Waals surface area contributed by atoms with E-state index in [1.165, 1.54) is 16.3 Å². The van der Waals surface area contributed by atoms with Crippen LogP contribution in [0.2, 0.25) is 0 Å². The molecule has 0 bridgehead atoms. The number of carboxylic acid groups (broad SMARTS) is 4. The number of anilines is 1. The smallest absolute Gasteiger partial charge is 0.328 e. The quantitative estimate of drug-likeness (QED) is 0.218. The Morgan fingerprint density at radius 1 is 0.842 bits per heavy atom. The molecule has 0 saturated heterocycles. The van der Waals surface area contributed by atoms with E-state index in [9.17, 15) is 19.2 Å². The summed E-state index contributed by atoms with van der Waals surface area (Å²) in [5.74, 6) is -4.07. The van der Waals surface area contributed by atoms with Gasteiger partial charge >= 0.3 is 23.9 Å². The normalized spacial score (nSPS) is 12.7. The van der Waals surface area contributed by atoms with Crippen molar-refractivity contribution in [2.45, 2.75) is 6.54 Å². The number of hydrogen-bond donors (Lipinski definition) is 5. The van der Waals surface area contributed by atoms with Gasteiger partial charge in [-0.25, -0.2) is 24.2 Å². The standard InChI is InChI=1S/C18H16N4.2C4H4O4/c1(2-11-22-12-10-19-13-22)9-20-18-15-7-3-5-14-6-4-8-16(21-18)17(14)15;2*5-3(6)1-2-4(7)8/h1-8,10,12-13H,9,11H2,(H,20,21);2*1-2H,(H,5,6)(H,7,8)/b2-1-;2*2-1+. The van der Waals surface area contributed by atoms with Crippen LogP contribution >= 0.6 is 0 Å². The molecule has 196 valence electrons. The lowest BCUT2D eigenvalue weighted by atomic mass is 10.1. The van der Waals surface area contributed by atoms with Gasteiger partial charge in [-0.1, -0.05) is 42.5 Å². The summed E-state index contributed by atoms with van der Waals surface area (Å²) in [6, 6.07) is 12.7. The molecule has 38 heavy (non-hydrogen) atoms. The Morgan fingerprint density at radius 2 is 1.42 bits per heavy atom. The van der Waals surface area contributed by atoms with Crippen molar-refractivity contribution >= 4 is 46.2 Å². The Labute approximate surface area is 216 Å². The molecule has 12 heteroatoms. The van der Waals surface area contributed by atoms with Crippen molar-refractivity contribution in [1.29, 1.82) is 0 Å². The van der Waals surface area contributed by atoms with Gasteiger partial charge in [0.1, 0.15) is 5.84 Å². The predicted octanol–water partition coefficient (Wildman–Crippen LogP) is 2.89. The highest BCUT2D eigenvalue weighted by Crippen LogP contribution is 2.32. The van der Waals surface area contributed by atoms with Gasteiger partial charge in [0, 0.05) is 59.9 Å². The molecule has 0 atom stereocenters. The first-order chi connectivity index (χ1) is 18.2. The lowest BCUT2D eigenvalue weighted by Crippen LogP contribution is -2.07. The molecule has 2 aromatic carbocycles. The zero-order chi connectivity index (χ0) is 27.9. The van der Waals surface area contributed by atoms with Crippen LogP contribution in [0.15, 0.2) is 96.6 Å². The van der Waals surface area contributed by atoms with Crippen molar-refractivity contribution in [1.82, 2.24) is 9.55 Å². The fourth-order valence-electron chi connectivity index (χ4n) is 3.06. The number of amidine groups is 1. The van der Waals surface area contributed by atoms with Crippen LogP contribution in [-0.2, 0) is 25.7 Å². The first-order valence-electron chi connectivity index (χ1n) is 10.9. The van der Waals surface area contributed by atoms with Gasteiger partial charge in [0.15, 0.2) is 0 Å². The van der Waals surface area contributed by atoms with Crippen LogP contribution in [0.3, 0.4) is 0 Å². The van der Waals surface area contributed by atoms with Crippen LogP contribution in [0.25, 0.3) is 10.8 Å². The summed E-state index contributed by atoms with van der Waals surface area (Å²) >= 11 is 0. The van der Waals surface area contributed by atoms with Gasteiger partial charge in [-0.2, -0.15) is 0 Å². The first-order valence-corrected chi connectivity index (χ1v) is 10.9. The van der Waals surface area contributed by atoms with Crippen molar-refractivity contribution in [3.8, 4) is 0 Å². The van der Waals surface area contributed by atoms with Gasteiger partial charge in [-0.05, 0) is 11.5 Å². The highest BCUT2D eigenvalue weighted by molar-refractivity contribution is 6.26. The number of carbonyl (C=O) groups is 4. The van der Waals surface area contributed by atoms with Crippen LogP contribution in [0.1, 0.15) is 5.56 Å². The average Bonchev–Trinajstić information content (AvgIpc) is 3.52. The van der Waals surface area contributed by atoms with Crippen LogP contribution in [0.4, 0.5) is 5.69 Å². The molecule has 3 aromatic rings. The van der Waals surface area contributed by atoms with Crippen LogP contribution in [0.5, 0.6) is 0 Å². The molecule has 0 spiro atoms. The molecule has 0 unspecified atom stereocenters. The minimum absolute atomic E-state index is 0.558. The average molecular weight is 520 g/mol. The minimum atomic E-state index is -1.26. The Bertz CT molecular complexity index is 1330. The van der Waals surface area contributed by atoms with E-state index in [0.29, 0.717) is 30.8 Å². The summed E-state index contributed by atoms with van der Waals surface area (Å²) < 4.78 is 2.02. The Kier molecular flexibility index (Phi) is 11.2. The maximum absolute atomic E-state index is 9.55. The Balaban J connectivity index is 0.000000264. The van der Waals surface area contributed by atoms with Crippen molar-refractivity contribution in [2.24, 2.45) is 4.99 Å². The summed E-state index contributed by atoms with van der Waals surface area (Å²) in [6.07, 6.45) is 12.0. The molecule has 0 aliphatic carbocycles. The summed E-state index contributed by atoms with van der Waals surface area (Å²) in [7, 11) is 0. The first kappa shape index (κ1) is 28.7. The minimum Gasteiger partial charge on any atom is -0.478 e. The summed E-state index contributed by atoms with van der Waals surface area (Å²) in [5.41, 5.74) is 2.34. The number of rotatable bonds is 8. The lowest BCUT2D eigenvalue weighted by Gasteiger charge is -1.99. The van der Waals surface area contributed by atoms with Crippen LogP contribution < -0.4 is 5.32 Å². The van der Waals surface area contributed by atoms with Gasteiger partial charge in [0.2, 0.25) is 0 Å². The molecule has 0 fully saturated rings. The second kappa shape index (κ2) is 14.8. The molecule has 1 aromatic heterocycles. The lowest BCUT2D eigenvalue weighted by molar-refractivity contribution is -0.134. The molecule has 12 nitrogen and oxygen atoms in total. The van der Waals surface area contributed by atoms with Gasteiger partial charge in [-0.15, -0.1) is 0 Å². The number of imidazole rings is 1. The monoisotopic (exact) mass is 520 g/mol. The molecule has 1 aliphatic heterocycles. The third kappa shape index (κ3) is 10.00. The van der Waals surface area contributed by atoms with Gasteiger partial charge in [0.25, 0.3) is 0 Å². The number of aliphatic carboxylic acids is 4. The molecular formula is C26H24N4O8. The fraction of sp³-hybridized carbons (Fsp3) is 0.0769.